The Kier molecular flexibility index (Phi) is 6.77. The highest BCUT2D eigenvalue weighted by Crippen LogP contribution is 2.33. The largest absolute Gasteiger partial charge is 0.477 e. The minimum atomic E-state index is -1.32. The number of aromatic nitrogens is 4. The summed E-state index contributed by atoms with van der Waals surface area (Å²) >= 11 is 6.63. The number of likely N-dealkylation sites (N-methyl/N-ethyl adjacent to an activating group) is 2. The van der Waals surface area contributed by atoms with Gasteiger partial charge in [-0.1, -0.05) is 17.7 Å². The molecule has 0 spiro atoms. The minimum Gasteiger partial charge on any atom is -0.477 e. The highest BCUT2D eigenvalue weighted by atomic mass is 35.5. The number of carboxylic acid groups (broad SMARTS) is 1. The van der Waals surface area contributed by atoms with E-state index in [2.05, 4.69) is 19.8 Å². The number of anilines is 2. The summed E-state index contributed by atoms with van der Waals surface area (Å²) in [6.07, 6.45) is 4.75. The highest BCUT2D eigenvalue weighted by molar-refractivity contribution is 6.33. The summed E-state index contributed by atoms with van der Waals surface area (Å²) in [5, 5.41) is 10.2. The summed E-state index contributed by atoms with van der Waals surface area (Å²) in [4.78, 5) is 45.2. The fourth-order valence-corrected chi connectivity index (χ4v) is 4.85. The molecule has 0 fully saturated rings. The number of carboxylic acids is 1. The van der Waals surface area contributed by atoms with Crippen LogP contribution in [0.1, 0.15) is 27.2 Å². The Bertz CT molecular complexity index is 1590. The molecule has 1 aliphatic rings. The number of aryl methyl sites for hydroxylation is 1. The van der Waals surface area contributed by atoms with Crippen LogP contribution < -0.4 is 15.2 Å². The zero-order valence-corrected chi connectivity index (χ0v) is 22.4. The molecule has 5 rings (SSSR count). The van der Waals surface area contributed by atoms with Gasteiger partial charge in [0.2, 0.25) is 5.43 Å². The summed E-state index contributed by atoms with van der Waals surface area (Å²) in [5.74, 6) is -0.0347. The molecule has 0 aromatic carbocycles. The zero-order chi connectivity index (χ0) is 27.1. The molecule has 0 unspecified atom stereocenters. The summed E-state index contributed by atoms with van der Waals surface area (Å²) in [6, 6.07) is 7.35. The van der Waals surface area contributed by atoms with Gasteiger partial charge in [0.15, 0.2) is 11.5 Å². The Morgan fingerprint density at radius 3 is 2.63 bits per heavy atom. The molecule has 0 atom stereocenters. The number of carbonyl (C=O) groups is 1. The third-order valence-corrected chi connectivity index (χ3v) is 7.01. The quantitative estimate of drug-likeness (QED) is 0.382. The number of pyridine rings is 4. The topological polar surface area (TPSA) is 108 Å². The second-order valence-electron chi connectivity index (χ2n) is 9.73. The molecule has 0 bridgehead atoms. The lowest BCUT2D eigenvalue weighted by Gasteiger charge is -2.22. The van der Waals surface area contributed by atoms with Crippen LogP contribution in [0.2, 0.25) is 5.02 Å². The van der Waals surface area contributed by atoms with E-state index in [0.717, 1.165) is 35.7 Å². The monoisotopic (exact) mass is 533 g/mol. The molecular weight excluding hydrogens is 506 g/mol. The van der Waals surface area contributed by atoms with Crippen molar-refractivity contribution in [2.75, 3.05) is 44.0 Å². The normalized spacial score (nSPS) is 12.8. The molecule has 0 saturated carbocycles. The van der Waals surface area contributed by atoms with E-state index in [-0.39, 0.29) is 16.0 Å². The Morgan fingerprint density at radius 1 is 1.16 bits per heavy atom. The van der Waals surface area contributed by atoms with Crippen LogP contribution >= 0.6 is 11.6 Å². The highest BCUT2D eigenvalue weighted by Gasteiger charge is 2.25. The summed E-state index contributed by atoms with van der Waals surface area (Å²) in [6.45, 7) is 4.69. The van der Waals surface area contributed by atoms with Crippen molar-refractivity contribution in [2.45, 2.75) is 20.0 Å². The first-order chi connectivity index (χ1) is 18.1. The van der Waals surface area contributed by atoms with Crippen molar-refractivity contribution in [3.8, 4) is 5.69 Å². The number of fused-ring (bicyclic) bond motifs is 2. The van der Waals surface area contributed by atoms with Gasteiger partial charge in [-0.2, -0.15) is 0 Å². The van der Waals surface area contributed by atoms with Crippen LogP contribution in [0.5, 0.6) is 0 Å². The third kappa shape index (κ3) is 4.68. The van der Waals surface area contributed by atoms with E-state index in [1.165, 1.54) is 12.3 Å². The van der Waals surface area contributed by atoms with Crippen molar-refractivity contribution < 1.29 is 9.90 Å². The predicted octanol–water partition coefficient (Wildman–Crippen LogP) is 3.35. The number of hydrogen-bond donors (Lipinski definition) is 1. The first-order valence-electron chi connectivity index (χ1n) is 12.1. The van der Waals surface area contributed by atoms with Crippen LogP contribution in [0.3, 0.4) is 0 Å². The second-order valence-corrected chi connectivity index (χ2v) is 10.1. The van der Waals surface area contributed by atoms with Gasteiger partial charge in [-0.05, 0) is 50.3 Å². The number of hydrogen-bond acceptors (Lipinski definition) is 8. The number of aromatic carboxylic acids is 1. The first kappa shape index (κ1) is 25.6. The average molecular weight is 534 g/mol. The molecule has 11 heteroatoms. The van der Waals surface area contributed by atoms with Gasteiger partial charge in [0.05, 0.1) is 34.5 Å². The van der Waals surface area contributed by atoms with E-state index in [9.17, 15) is 14.7 Å². The van der Waals surface area contributed by atoms with Crippen molar-refractivity contribution in [1.29, 1.82) is 0 Å². The predicted molar refractivity (Wildman–Crippen MR) is 148 cm³/mol. The standard InChI is InChI=1S/C27H28ClN7O3/c1-16-10-23(33(4)9-8-32(2)3)30-12-22(16)35-14-19(27(37)38)24(36)18-11-20(28)26(31-25(18)35)34-13-17-6-5-7-29-21(17)15-34/h5-7,10-12,14H,8-9,13,15H2,1-4H3,(H,37,38). The molecular formula is C27H28ClN7O3. The molecule has 38 heavy (non-hydrogen) atoms. The number of rotatable bonds is 7. The molecule has 4 aromatic heterocycles. The van der Waals surface area contributed by atoms with Gasteiger partial charge < -0.3 is 19.8 Å². The fraction of sp³-hybridized carbons (Fsp3) is 0.296. The molecule has 0 radical (unpaired) electrons. The SMILES string of the molecule is Cc1cc(N(C)CCN(C)C)ncc1-n1cc(C(=O)O)c(=O)c2cc(Cl)c(N3Cc4cccnc4C3)nc21. The van der Waals surface area contributed by atoms with E-state index < -0.39 is 11.4 Å². The molecule has 10 nitrogen and oxygen atoms in total. The van der Waals surface area contributed by atoms with Crippen molar-refractivity contribution in [2.24, 2.45) is 0 Å². The summed E-state index contributed by atoms with van der Waals surface area (Å²) < 4.78 is 1.62. The van der Waals surface area contributed by atoms with Crippen LogP contribution in [0.4, 0.5) is 11.6 Å². The maximum Gasteiger partial charge on any atom is 0.341 e. The summed E-state index contributed by atoms with van der Waals surface area (Å²) in [5.41, 5.74) is 2.80. The average Bonchev–Trinajstić information content (AvgIpc) is 3.31. The lowest BCUT2D eigenvalue weighted by molar-refractivity contribution is 0.0695. The van der Waals surface area contributed by atoms with Gasteiger partial charge in [0.25, 0.3) is 0 Å². The van der Waals surface area contributed by atoms with E-state index in [4.69, 9.17) is 16.6 Å². The lowest BCUT2D eigenvalue weighted by Crippen LogP contribution is -2.29. The summed E-state index contributed by atoms with van der Waals surface area (Å²) in [7, 11) is 6.00. The van der Waals surface area contributed by atoms with Gasteiger partial charge in [0.1, 0.15) is 11.4 Å². The van der Waals surface area contributed by atoms with Gasteiger partial charge >= 0.3 is 5.97 Å². The molecule has 0 aliphatic carbocycles. The van der Waals surface area contributed by atoms with Crippen molar-refractivity contribution in [3.63, 3.8) is 0 Å². The first-order valence-corrected chi connectivity index (χ1v) is 12.5. The van der Waals surface area contributed by atoms with E-state index in [0.29, 0.717) is 30.2 Å². The molecule has 0 saturated heterocycles. The van der Waals surface area contributed by atoms with Crippen molar-refractivity contribution in [1.82, 2.24) is 24.4 Å². The van der Waals surface area contributed by atoms with E-state index in [1.54, 1.807) is 17.0 Å². The smallest absolute Gasteiger partial charge is 0.341 e. The Balaban J connectivity index is 1.64. The maximum atomic E-state index is 13.1. The molecule has 0 amide bonds. The number of halogens is 1. The Morgan fingerprint density at radius 2 is 1.95 bits per heavy atom. The van der Waals surface area contributed by atoms with Crippen molar-refractivity contribution >= 4 is 40.2 Å². The van der Waals surface area contributed by atoms with Crippen LogP contribution in [0.15, 0.2) is 47.7 Å². The fourth-order valence-electron chi connectivity index (χ4n) is 4.58. The minimum absolute atomic E-state index is 0.125. The molecule has 4 aromatic rings. The van der Waals surface area contributed by atoms with Gasteiger partial charge in [-0.15, -0.1) is 0 Å². The van der Waals surface area contributed by atoms with Crippen LogP contribution in [0.25, 0.3) is 16.7 Å². The van der Waals surface area contributed by atoms with E-state index >= 15 is 0 Å². The molecule has 1 aliphatic heterocycles. The van der Waals surface area contributed by atoms with Gasteiger partial charge in [-0.25, -0.2) is 14.8 Å². The lowest BCUT2D eigenvalue weighted by atomic mass is 10.1. The second kappa shape index (κ2) is 10.0. The van der Waals surface area contributed by atoms with E-state index in [1.807, 2.05) is 51.2 Å². The van der Waals surface area contributed by atoms with Crippen LogP contribution in [-0.4, -0.2) is 69.7 Å². The third-order valence-electron chi connectivity index (χ3n) is 6.73. The van der Waals surface area contributed by atoms with Crippen molar-refractivity contribution in [3.05, 3.63) is 80.5 Å². The van der Waals surface area contributed by atoms with Gasteiger partial charge in [-0.3, -0.25) is 14.3 Å². The number of nitrogens with zero attached hydrogens (tertiary/aromatic N) is 7. The van der Waals surface area contributed by atoms with Gasteiger partial charge in [0, 0.05) is 39.1 Å². The van der Waals surface area contributed by atoms with Crippen LogP contribution in [-0.2, 0) is 13.1 Å². The molecule has 1 N–H and O–H groups in total. The maximum absolute atomic E-state index is 13.1. The molecule has 196 valence electrons. The Labute approximate surface area is 224 Å². The molecule has 5 heterocycles. The zero-order valence-electron chi connectivity index (χ0n) is 21.6. The Hall–Kier alpha value is -4.02. The van der Waals surface area contributed by atoms with Crippen LogP contribution in [0, 0.1) is 6.92 Å².